The molecule has 0 aromatic carbocycles. The van der Waals surface area contributed by atoms with Crippen LogP contribution in [-0.2, 0) is 9.53 Å². The van der Waals surface area contributed by atoms with E-state index in [0.717, 1.165) is 18.5 Å². The van der Waals surface area contributed by atoms with Gasteiger partial charge in [-0.3, -0.25) is 4.79 Å². The summed E-state index contributed by atoms with van der Waals surface area (Å²) >= 11 is 0. The summed E-state index contributed by atoms with van der Waals surface area (Å²) in [7, 11) is 1.35. The van der Waals surface area contributed by atoms with Crippen LogP contribution in [0, 0.1) is 12.8 Å². The lowest BCUT2D eigenvalue weighted by atomic mass is 9.97. The number of piperidine rings is 1. The number of hydrogen-bond acceptors (Lipinski definition) is 4. The molecule has 1 fully saturated rings. The molecule has 1 N–H and O–H groups in total. The fraction of sp³-hybridized carbons (Fsp3) is 0.500. The van der Waals surface area contributed by atoms with Gasteiger partial charge in [-0.25, -0.2) is 9.78 Å². The third kappa shape index (κ3) is 3.46. The molecule has 1 aliphatic rings. The highest BCUT2D eigenvalue weighted by atomic mass is 16.5. The number of nitrogens with one attached hydrogen (secondary N) is 1. The molecule has 0 radical (unpaired) electrons. The average molecular weight is 277 g/mol. The van der Waals surface area contributed by atoms with Crippen molar-refractivity contribution in [1.29, 1.82) is 0 Å². The highest BCUT2D eigenvalue weighted by molar-refractivity contribution is 5.92. The van der Waals surface area contributed by atoms with Crippen LogP contribution in [0.25, 0.3) is 0 Å². The molecule has 1 unspecified atom stereocenters. The molecule has 0 spiro atoms. The molecule has 6 nitrogen and oxygen atoms in total. The molecule has 0 bridgehead atoms. The second kappa shape index (κ2) is 6.36. The molecular formula is C14H19N3O3. The molecule has 2 amide bonds. The Morgan fingerprint density at radius 2 is 2.25 bits per heavy atom. The van der Waals surface area contributed by atoms with E-state index >= 15 is 0 Å². The fourth-order valence-corrected chi connectivity index (χ4v) is 2.33. The van der Waals surface area contributed by atoms with E-state index in [1.165, 1.54) is 7.11 Å². The van der Waals surface area contributed by atoms with Crippen molar-refractivity contribution in [3.05, 3.63) is 23.9 Å². The number of nitrogens with zero attached hydrogens (tertiary/aromatic N) is 2. The number of aromatic nitrogens is 1. The number of aryl methyl sites for hydroxylation is 1. The van der Waals surface area contributed by atoms with Crippen molar-refractivity contribution in [2.75, 3.05) is 25.5 Å². The molecule has 108 valence electrons. The summed E-state index contributed by atoms with van der Waals surface area (Å²) in [6.07, 6.45) is 1.19. The molecule has 1 saturated heterocycles. The number of rotatable bonds is 2. The Bertz CT molecular complexity index is 504. The van der Waals surface area contributed by atoms with Gasteiger partial charge in [-0.05, 0) is 31.9 Å². The Labute approximate surface area is 118 Å². The molecule has 2 heterocycles. The first-order chi connectivity index (χ1) is 9.60. The summed E-state index contributed by atoms with van der Waals surface area (Å²) in [6, 6.07) is 5.47. The quantitative estimate of drug-likeness (QED) is 0.895. The van der Waals surface area contributed by atoms with Crippen LogP contribution in [0.1, 0.15) is 18.5 Å². The molecule has 1 aromatic rings. The lowest BCUT2D eigenvalue weighted by molar-refractivity contribution is -0.121. The minimum atomic E-state index is -0.379. The van der Waals surface area contributed by atoms with Crippen molar-refractivity contribution < 1.29 is 14.3 Å². The van der Waals surface area contributed by atoms with Crippen molar-refractivity contribution in [3.63, 3.8) is 0 Å². The summed E-state index contributed by atoms with van der Waals surface area (Å²) in [4.78, 5) is 29.5. The zero-order valence-corrected chi connectivity index (χ0v) is 11.8. The number of carbonyl (C=O) groups is 2. The third-order valence-electron chi connectivity index (χ3n) is 3.36. The van der Waals surface area contributed by atoms with Gasteiger partial charge in [0.2, 0.25) is 5.91 Å². The molecule has 2 rings (SSSR count). The Morgan fingerprint density at radius 1 is 1.45 bits per heavy atom. The number of hydrogen-bond donors (Lipinski definition) is 1. The predicted octanol–water partition coefficient (Wildman–Crippen LogP) is 1.81. The van der Waals surface area contributed by atoms with E-state index in [-0.39, 0.29) is 17.9 Å². The maximum absolute atomic E-state index is 12.2. The van der Waals surface area contributed by atoms with E-state index in [0.29, 0.717) is 18.9 Å². The molecular weight excluding hydrogens is 258 g/mol. The highest BCUT2D eigenvalue weighted by Gasteiger charge is 2.28. The van der Waals surface area contributed by atoms with Crippen LogP contribution < -0.4 is 5.32 Å². The second-order valence-electron chi connectivity index (χ2n) is 4.91. The lowest BCUT2D eigenvalue weighted by Crippen LogP contribution is -2.43. The molecule has 6 heteroatoms. The van der Waals surface area contributed by atoms with Crippen LogP contribution in [0.5, 0.6) is 0 Å². The van der Waals surface area contributed by atoms with Crippen LogP contribution in [0.2, 0.25) is 0 Å². The van der Waals surface area contributed by atoms with E-state index < -0.39 is 0 Å². The Balaban J connectivity index is 1.97. The van der Waals surface area contributed by atoms with Crippen LogP contribution in [0.15, 0.2) is 18.2 Å². The molecule has 0 saturated carbocycles. The smallest absolute Gasteiger partial charge is 0.409 e. The maximum Gasteiger partial charge on any atom is 0.409 e. The fourth-order valence-electron chi connectivity index (χ4n) is 2.33. The van der Waals surface area contributed by atoms with Gasteiger partial charge in [0.15, 0.2) is 0 Å². The van der Waals surface area contributed by atoms with Gasteiger partial charge in [0.1, 0.15) is 5.82 Å². The van der Waals surface area contributed by atoms with Crippen molar-refractivity contribution >= 4 is 17.8 Å². The van der Waals surface area contributed by atoms with E-state index in [9.17, 15) is 9.59 Å². The van der Waals surface area contributed by atoms with E-state index in [2.05, 4.69) is 10.3 Å². The SMILES string of the molecule is COC(=O)N1CCCC(C(=O)Nc2cccc(C)n2)C1. The zero-order chi connectivity index (χ0) is 14.5. The van der Waals surface area contributed by atoms with Gasteiger partial charge in [0.25, 0.3) is 0 Å². The minimum absolute atomic E-state index is 0.100. The number of carbonyl (C=O) groups excluding carboxylic acids is 2. The third-order valence-corrected chi connectivity index (χ3v) is 3.36. The van der Waals surface area contributed by atoms with Crippen LogP contribution in [0.3, 0.4) is 0 Å². The van der Waals surface area contributed by atoms with Crippen molar-refractivity contribution in [2.24, 2.45) is 5.92 Å². The van der Waals surface area contributed by atoms with E-state index in [1.54, 1.807) is 11.0 Å². The van der Waals surface area contributed by atoms with E-state index in [1.807, 2.05) is 19.1 Å². The van der Waals surface area contributed by atoms with Gasteiger partial charge in [-0.15, -0.1) is 0 Å². The van der Waals surface area contributed by atoms with Gasteiger partial charge < -0.3 is 15.0 Å². The summed E-state index contributed by atoms with van der Waals surface area (Å²) in [5.41, 5.74) is 0.850. The normalized spacial score (nSPS) is 18.5. The Morgan fingerprint density at radius 3 is 2.95 bits per heavy atom. The number of methoxy groups -OCH3 is 1. The standard InChI is InChI=1S/C14H19N3O3/c1-10-5-3-7-12(15-10)16-13(18)11-6-4-8-17(9-11)14(19)20-2/h3,5,7,11H,4,6,8-9H2,1-2H3,(H,15,16,18). The Kier molecular flexibility index (Phi) is 4.55. The lowest BCUT2D eigenvalue weighted by Gasteiger charge is -2.30. The number of amides is 2. The van der Waals surface area contributed by atoms with E-state index in [4.69, 9.17) is 4.74 Å². The zero-order valence-electron chi connectivity index (χ0n) is 11.8. The first-order valence-corrected chi connectivity index (χ1v) is 6.67. The number of ether oxygens (including phenoxy) is 1. The molecule has 1 aromatic heterocycles. The van der Waals surface area contributed by atoms with Crippen LogP contribution in [-0.4, -0.2) is 42.1 Å². The summed E-state index contributed by atoms with van der Waals surface area (Å²) in [6.45, 7) is 2.90. The monoisotopic (exact) mass is 277 g/mol. The topological polar surface area (TPSA) is 71.5 Å². The molecule has 1 atom stereocenters. The van der Waals surface area contributed by atoms with Crippen LogP contribution >= 0.6 is 0 Å². The summed E-state index contributed by atoms with van der Waals surface area (Å²) < 4.78 is 4.69. The first-order valence-electron chi connectivity index (χ1n) is 6.67. The predicted molar refractivity (Wildman–Crippen MR) is 74.3 cm³/mol. The summed E-state index contributed by atoms with van der Waals surface area (Å²) in [5, 5.41) is 2.80. The number of pyridine rings is 1. The number of anilines is 1. The van der Waals surface area contributed by atoms with Crippen LogP contribution in [0.4, 0.5) is 10.6 Å². The van der Waals surface area contributed by atoms with Gasteiger partial charge in [-0.2, -0.15) is 0 Å². The molecule has 1 aliphatic heterocycles. The average Bonchev–Trinajstić information content (AvgIpc) is 2.46. The van der Waals surface area contributed by atoms with Gasteiger partial charge >= 0.3 is 6.09 Å². The molecule has 0 aliphatic carbocycles. The molecule has 20 heavy (non-hydrogen) atoms. The maximum atomic E-state index is 12.2. The highest BCUT2D eigenvalue weighted by Crippen LogP contribution is 2.19. The van der Waals surface area contributed by atoms with Gasteiger partial charge in [0, 0.05) is 18.8 Å². The minimum Gasteiger partial charge on any atom is -0.453 e. The summed E-state index contributed by atoms with van der Waals surface area (Å²) in [5.74, 6) is 0.229. The first kappa shape index (κ1) is 14.3. The van der Waals surface area contributed by atoms with Gasteiger partial charge in [0.05, 0.1) is 13.0 Å². The van der Waals surface area contributed by atoms with Crippen molar-refractivity contribution in [1.82, 2.24) is 9.88 Å². The van der Waals surface area contributed by atoms with Crippen molar-refractivity contribution in [2.45, 2.75) is 19.8 Å². The van der Waals surface area contributed by atoms with Crippen molar-refractivity contribution in [3.8, 4) is 0 Å². The Hall–Kier alpha value is -2.11. The largest absolute Gasteiger partial charge is 0.453 e. The number of likely N-dealkylation sites (tertiary alicyclic amines) is 1. The second-order valence-corrected chi connectivity index (χ2v) is 4.91. The van der Waals surface area contributed by atoms with Gasteiger partial charge in [-0.1, -0.05) is 6.07 Å².